The van der Waals surface area contributed by atoms with E-state index in [-0.39, 0.29) is 11.9 Å². The summed E-state index contributed by atoms with van der Waals surface area (Å²) in [7, 11) is 0. The summed E-state index contributed by atoms with van der Waals surface area (Å²) in [5, 5.41) is 3.11. The maximum atomic E-state index is 13.2. The van der Waals surface area contributed by atoms with Crippen molar-refractivity contribution in [1.29, 1.82) is 0 Å². The zero-order valence-corrected chi connectivity index (χ0v) is 11.9. The second kappa shape index (κ2) is 5.02. The van der Waals surface area contributed by atoms with E-state index in [0.717, 1.165) is 15.0 Å². The summed E-state index contributed by atoms with van der Waals surface area (Å²) in [5.74, 6) is 5.50. The summed E-state index contributed by atoms with van der Waals surface area (Å²) in [6, 6.07) is 8.98. The number of benzene rings is 1. The minimum atomic E-state index is -0.203. The lowest BCUT2D eigenvalue weighted by molar-refractivity contribution is 0.630. The van der Waals surface area contributed by atoms with Gasteiger partial charge in [0.25, 0.3) is 0 Å². The normalized spacial score (nSPS) is 13.0. The van der Waals surface area contributed by atoms with E-state index in [1.54, 1.807) is 34.8 Å². The Morgan fingerprint density at radius 1 is 1.26 bits per heavy atom. The molecule has 0 fully saturated rings. The van der Waals surface area contributed by atoms with Crippen molar-refractivity contribution < 1.29 is 4.39 Å². The van der Waals surface area contributed by atoms with Gasteiger partial charge < -0.3 is 0 Å². The highest BCUT2D eigenvalue weighted by Gasteiger charge is 2.18. The minimum Gasteiger partial charge on any atom is -0.271 e. The molecule has 3 aromatic rings. The topological polar surface area (TPSA) is 38.0 Å². The molecule has 2 nitrogen and oxygen atoms in total. The highest BCUT2D eigenvalue weighted by atomic mass is 32.1. The van der Waals surface area contributed by atoms with Gasteiger partial charge >= 0.3 is 0 Å². The first kappa shape index (κ1) is 12.7. The van der Waals surface area contributed by atoms with Crippen LogP contribution in [0.25, 0.3) is 10.1 Å². The first-order valence-electron chi connectivity index (χ1n) is 5.88. The van der Waals surface area contributed by atoms with Gasteiger partial charge in [0, 0.05) is 14.5 Å². The van der Waals surface area contributed by atoms with Gasteiger partial charge in [0.2, 0.25) is 0 Å². The summed E-state index contributed by atoms with van der Waals surface area (Å²) >= 11 is 3.26. The summed E-state index contributed by atoms with van der Waals surface area (Å²) in [4.78, 5) is 2.31. The SMILES string of the molecule is Cc1ccsc1C(NN)c1cc2ccc(F)cc2s1. The van der Waals surface area contributed by atoms with Gasteiger partial charge in [-0.25, -0.2) is 9.82 Å². The number of fused-ring (bicyclic) bond motifs is 1. The number of halogens is 1. The van der Waals surface area contributed by atoms with Gasteiger partial charge in [-0.05, 0) is 47.5 Å². The van der Waals surface area contributed by atoms with Crippen LogP contribution in [0.4, 0.5) is 4.39 Å². The van der Waals surface area contributed by atoms with Crippen LogP contribution in [0.3, 0.4) is 0 Å². The summed E-state index contributed by atoms with van der Waals surface area (Å²) in [6.07, 6.45) is 0. The maximum Gasteiger partial charge on any atom is 0.124 e. The molecule has 0 spiro atoms. The molecule has 19 heavy (non-hydrogen) atoms. The summed E-state index contributed by atoms with van der Waals surface area (Å²) in [5.41, 5.74) is 4.08. The largest absolute Gasteiger partial charge is 0.271 e. The number of hydrogen-bond donors (Lipinski definition) is 2. The van der Waals surface area contributed by atoms with Crippen LogP contribution in [0.2, 0.25) is 0 Å². The van der Waals surface area contributed by atoms with Crippen LogP contribution < -0.4 is 11.3 Å². The van der Waals surface area contributed by atoms with Crippen molar-refractivity contribution in [3.8, 4) is 0 Å². The summed E-state index contributed by atoms with van der Waals surface area (Å²) < 4.78 is 14.2. The lowest BCUT2D eigenvalue weighted by Crippen LogP contribution is -2.27. The van der Waals surface area contributed by atoms with Gasteiger partial charge in [0.15, 0.2) is 0 Å². The molecule has 1 unspecified atom stereocenters. The number of hydrazine groups is 1. The van der Waals surface area contributed by atoms with Gasteiger partial charge in [-0.3, -0.25) is 5.84 Å². The molecule has 98 valence electrons. The molecule has 0 radical (unpaired) electrons. The van der Waals surface area contributed by atoms with Crippen molar-refractivity contribution in [1.82, 2.24) is 5.43 Å². The van der Waals surface area contributed by atoms with Crippen molar-refractivity contribution in [2.24, 2.45) is 5.84 Å². The quantitative estimate of drug-likeness (QED) is 0.566. The molecule has 2 aromatic heterocycles. The smallest absolute Gasteiger partial charge is 0.124 e. The van der Waals surface area contributed by atoms with E-state index < -0.39 is 0 Å². The third-order valence-electron chi connectivity index (χ3n) is 3.12. The van der Waals surface area contributed by atoms with Crippen LogP contribution in [0.1, 0.15) is 21.4 Å². The molecular formula is C14H13FN2S2. The fraction of sp³-hybridized carbons (Fsp3) is 0.143. The monoisotopic (exact) mass is 292 g/mol. The van der Waals surface area contributed by atoms with E-state index in [4.69, 9.17) is 5.84 Å². The van der Waals surface area contributed by atoms with Crippen molar-refractivity contribution in [3.63, 3.8) is 0 Å². The molecule has 0 saturated carbocycles. The Morgan fingerprint density at radius 3 is 2.79 bits per heavy atom. The zero-order chi connectivity index (χ0) is 13.4. The Hall–Kier alpha value is -1.27. The molecule has 0 aliphatic heterocycles. The highest BCUT2D eigenvalue weighted by molar-refractivity contribution is 7.19. The Balaban J connectivity index is 2.09. The van der Waals surface area contributed by atoms with Crippen molar-refractivity contribution in [2.75, 3.05) is 0 Å². The van der Waals surface area contributed by atoms with Crippen LogP contribution >= 0.6 is 22.7 Å². The molecule has 0 saturated heterocycles. The Morgan fingerprint density at radius 2 is 2.11 bits per heavy atom. The van der Waals surface area contributed by atoms with Crippen LogP contribution in [-0.2, 0) is 0 Å². The van der Waals surface area contributed by atoms with E-state index in [0.29, 0.717) is 0 Å². The van der Waals surface area contributed by atoms with Crippen LogP contribution in [0, 0.1) is 12.7 Å². The third kappa shape index (κ3) is 2.30. The van der Waals surface area contributed by atoms with Crippen molar-refractivity contribution in [2.45, 2.75) is 13.0 Å². The predicted octanol–water partition coefficient (Wildman–Crippen LogP) is 3.96. The molecule has 5 heteroatoms. The molecule has 1 atom stereocenters. The molecule has 0 aliphatic rings. The number of nitrogens with one attached hydrogen (secondary N) is 1. The van der Waals surface area contributed by atoms with E-state index in [9.17, 15) is 4.39 Å². The molecule has 2 heterocycles. The van der Waals surface area contributed by atoms with Gasteiger partial charge in [-0.1, -0.05) is 6.07 Å². The van der Waals surface area contributed by atoms with Crippen LogP contribution in [0.5, 0.6) is 0 Å². The fourth-order valence-corrected chi connectivity index (χ4v) is 4.37. The second-order valence-corrected chi connectivity index (χ2v) is 6.46. The Kier molecular flexibility index (Phi) is 3.36. The number of aryl methyl sites for hydroxylation is 1. The lowest BCUT2D eigenvalue weighted by Gasteiger charge is -2.13. The van der Waals surface area contributed by atoms with Gasteiger partial charge in [-0.2, -0.15) is 0 Å². The molecule has 0 amide bonds. The van der Waals surface area contributed by atoms with Crippen molar-refractivity contribution in [3.05, 3.63) is 56.8 Å². The van der Waals surface area contributed by atoms with Gasteiger partial charge in [-0.15, -0.1) is 22.7 Å². The number of nitrogens with two attached hydrogens (primary N) is 1. The summed E-state index contributed by atoms with van der Waals surface area (Å²) in [6.45, 7) is 2.07. The fourth-order valence-electron chi connectivity index (χ4n) is 2.13. The Labute approximate surface area is 118 Å². The Bertz CT molecular complexity index is 717. The average Bonchev–Trinajstić information content (AvgIpc) is 2.97. The highest BCUT2D eigenvalue weighted by Crippen LogP contribution is 2.36. The minimum absolute atomic E-state index is 0.0274. The standard InChI is InChI=1S/C14H13FN2S2/c1-8-4-5-18-14(8)13(17-16)12-6-9-2-3-10(15)7-11(9)19-12/h2-7,13,17H,16H2,1H3. The van der Waals surface area contributed by atoms with E-state index >= 15 is 0 Å². The number of rotatable bonds is 3. The predicted molar refractivity (Wildman–Crippen MR) is 80.0 cm³/mol. The zero-order valence-electron chi connectivity index (χ0n) is 10.3. The number of hydrogen-bond acceptors (Lipinski definition) is 4. The van der Waals surface area contributed by atoms with Gasteiger partial charge in [0.05, 0.1) is 6.04 Å². The van der Waals surface area contributed by atoms with Crippen LogP contribution in [0.15, 0.2) is 35.7 Å². The van der Waals surface area contributed by atoms with E-state index in [1.165, 1.54) is 16.5 Å². The average molecular weight is 292 g/mol. The first-order chi connectivity index (χ1) is 9.19. The molecule has 3 N–H and O–H groups in total. The van der Waals surface area contributed by atoms with Gasteiger partial charge in [0.1, 0.15) is 5.82 Å². The first-order valence-corrected chi connectivity index (χ1v) is 7.58. The number of thiophene rings is 2. The van der Waals surface area contributed by atoms with Crippen LogP contribution in [-0.4, -0.2) is 0 Å². The molecule has 3 rings (SSSR count). The maximum absolute atomic E-state index is 13.2. The molecule has 0 aliphatic carbocycles. The van der Waals surface area contributed by atoms with Crippen molar-refractivity contribution >= 4 is 32.8 Å². The second-order valence-electron chi connectivity index (χ2n) is 4.40. The molecule has 1 aromatic carbocycles. The lowest BCUT2D eigenvalue weighted by atomic mass is 10.1. The third-order valence-corrected chi connectivity index (χ3v) is 5.36. The molecular weight excluding hydrogens is 279 g/mol. The van der Waals surface area contributed by atoms with E-state index in [1.807, 2.05) is 0 Å². The molecule has 0 bridgehead atoms. The van der Waals surface area contributed by atoms with E-state index in [2.05, 4.69) is 29.9 Å².